The van der Waals surface area contributed by atoms with Crippen molar-refractivity contribution in [3.05, 3.63) is 100 Å². The van der Waals surface area contributed by atoms with Crippen molar-refractivity contribution in [3.63, 3.8) is 0 Å². The number of amides is 2. The molecule has 3 aromatic carbocycles. The van der Waals surface area contributed by atoms with Gasteiger partial charge in [0.1, 0.15) is 17.9 Å². The Kier molecular flexibility index (Phi) is 5.54. The second-order valence-electron chi connectivity index (χ2n) is 7.34. The van der Waals surface area contributed by atoms with Crippen LogP contribution >= 0.6 is 0 Å². The average Bonchev–Trinajstić information content (AvgIpc) is 3.02. The first-order valence-electron chi connectivity index (χ1n) is 9.82. The predicted octanol–water partition coefficient (Wildman–Crippen LogP) is 4.16. The molecule has 31 heavy (non-hydrogen) atoms. The Morgan fingerprint density at radius 2 is 1.58 bits per heavy atom. The van der Waals surface area contributed by atoms with Crippen LogP contribution < -0.4 is 4.74 Å². The number of carbonyl (C=O) groups is 3. The number of ether oxygens (including phenoxy) is 2. The third-order valence-corrected chi connectivity index (χ3v) is 5.16. The highest BCUT2D eigenvalue weighted by Crippen LogP contribution is 2.27. The van der Waals surface area contributed by atoms with E-state index < -0.39 is 5.97 Å². The Morgan fingerprint density at radius 1 is 0.871 bits per heavy atom. The van der Waals surface area contributed by atoms with Crippen LogP contribution in [0.5, 0.6) is 5.75 Å². The van der Waals surface area contributed by atoms with Gasteiger partial charge in [-0.3, -0.25) is 14.5 Å². The third-order valence-electron chi connectivity index (χ3n) is 5.16. The number of imide groups is 1. The van der Waals surface area contributed by atoms with E-state index in [1.54, 1.807) is 42.5 Å². The topological polar surface area (TPSA) is 72.9 Å². The van der Waals surface area contributed by atoms with Crippen LogP contribution in [0.15, 0.2) is 66.7 Å². The van der Waals surface area contributed by atoms with Gasteiger partial charge in [-0.15, -0.1) is 0 Å². The molecule has 0 atom stereocenters. The fraction of sp³-hybridized carbons (Fsp3) is 0.160. The summed E-state index contributed by atoms with van der Waals surface area (Å²) in [7, 11) is 1.47. The standard InChI is InChI=1S/C25H21NO5/c1-16-6-5-7-18(12-16)15-31-25(29)21-13-17(10-11-22(21)30-2)14-26-23(27)19-8-3-4-9-20(19)24(26)28/h3-13H,14-15H2,1-2H3. The number of benzene rings is 3. The summed E-state index contributed by atoms with van der Waals surface area (Å²) in [5.41, 5.74) is 3.60. The Hall–Kier alpha value is -3.93. The van der Waals surface area contributed by atoms with Crippen LogP contribution in [0.3, 0.4) is 0 Å². The van der Waals surface area contributed by atoms with E-state index in [4.69, 9.17) is 9.47 Å². The third kappa shape index (κ3) is 4.05. The van der Waals surface area contributed by atoms with Crippen LogP contribution in [0.1, 0.15) is 47.8 Å². The highest BCUT2D eigenvalue weighted by atomic mass is 16.5. The molecule has 3 aromatic rings. The number of methoxy groups -OCH3 is 1. The summed E-state index contributed by atoms with van der Waals surface area (Å²) in [6.07, 6.45) is 0. The van der Waals surface area contributed by atoms with E-state index >= 15 is 0 Å². The van der Waals surface area contributed by atoms with Crippen LogP contribution in [-0.2, 0) is 17.9 Å². The van der Waals surface area contributed by atoms with Crippen molar-refractivity contribution >= 4 is 17.8 Å². The Labute approximate surface area is 180 Å². The fourth-order valence-electron chi connectivity index (χ4n) is 3.61. The molecule has 156 valence electrons. The number of fused-ring (bicyclic) bond motifs is 1. The molecule has 0 radical (unpaired) electrons. The minimum atomic E-state index is -0.539. The van der Waals surface area contributed by atoms with Crippen LogP contribution in [0.2, 0.25) is 0 Å². The number of carbonyl (C=O) groups excluding carboxylic acids is 3. The number of esters is 1. The zero-order valence-electron chi connectivity index (χ0n) is 17.3. The number of hydrogen-bond acceptors (Lipinski definition) is 5. The van der Waals surface area contributed by atoms with Gasteiger partial charge in [-0.25, -0.2) is 4.79 Å². The Morgan fingerprint density at radius 3 is 2.23 bits per heavy atom. The summed E-state index contributed by atoms with van der Waals surface area (Å²) in [6.45, 7) is 2.15. The smallest absolute Gasteiger partial charge is 0.342 e. The fourth-order valence-corrected chi connectivity index (χ4v) is 3.61. The zero-order chi connectivity index (χ0) is 22.0. The van der Waals surface area contributed by atoms with Crippen LogP contribution in [0.25, 0.3) is 0 Å². The lowest BCUT2D eigenvalue weighted by Gasteiger charge is -2.16. The van der Waals surface area contributed by atoms with Crippen molar-refractivity contribution in [2.24, 2.45) is 0 Å². The number of nitrogens with zero attached hydrogens (tertiary/aromatic N) is 1. The van der Waals surface area contributed by atoms with Crippen LogP contribution in [0, 0.1) is 6.92 Å². The van der Waals surface area contributed by atoms with E-state index in [9.17, 15) is 14.4 Å². The first-order chi connectivity index (χ1) is 15.0. The van der Waals surface area contributed by atoms with E-state index in [1.165, 1.54) is 12.0 Å². The second kappa shape index (κ2) is 8.44. The number of hydrogen-bond donors (Lipinski definition) is 0. The van der Waals surface area contributed by atoms with Crippen LogP contribution in [-0.4, -0.2) is 29.8 Å². The van der Waals surface area contributed by atoms with Crippen molar-refractivity contribution in [1.82, 2.24) is 4.90 Å². The van der Waals surface area contributed by atoms with Gasteiger partial charge in [-0.2, -0.15) is 0 Å². The molecule has 0 spiro atoms. The zero-order valence-corrected chi connectivity index (χ0v) is 17.3. The highest BCUT2D eigenvalue weighted by molar-refractivity contribution is 6.21. The van der Waals surface area contributed by atoms with Crippen molar-refractivity contribution in [1.29, 1.82) is 0 Å². The molecule has 1 heterocycles. The van der Waals surface area contributed by atoms with Crippen molar-refractivity contribution < 1.29 is 23.9 Å². The van der Waals surface area contributed by atoms with Gasteiger partial charge in [0, 0.05) is 0 Å². The molecule has 6 heteroatoms. The molecule has 4 rings (SSSR count). The highest BCUT2D eigenvalue weighted by Gasteiger charge is 2.35. The normalized spacial score (nSPS) is 12.6. The van der Waals surface area contributed by atoms with E-state index in [-0.39, 0.29) is 30.5 Å². The maximum absolute atomic E-state index is 12.7. The predicted molar refractivity (Wildman–Crippen MR) is 114 cm³/mol. The lowest BCUT2D eigenvalue weighted by Crippen LogP contribution is -2.29. The van der Waals surface area contributed by atoms with Crippen molar-refractivity contribution in [2.45, 2.75) is 20.1 Å². The molecule has 0 aromatic heterocycles. The first kappa shape index (κ1) is 20.3. The molecule has 0 N–H and O–H groups in total. The molecule has 1 aliphatic heterocycles. The minimum Gasteiger partial charge on any atom is -0.496 e. The van der Waals surface area contributed by atoms with E-state index in [0.717, 1.165) is 11.1 Å². The molecular weight excluding hydrogens is 394 g/mol. The molecule has 0 fully saturated rings. The van der Waals surface area contributed by atoms with Gasteiger partial charge in [0.25, 0.3) is 11.8 Å². The van der Waals surface area contributed by atoms with E-state index in [1.807, 2.05) is 31.2 Å². The maximum Gasteiger partial charge on any atom is 0.342 e. The molecule has 0 bridgehead atoms. The quantitative estimate of drug-likeness (QED) is 0.447. The number of rotatable bonds is 6. The first-order valence-corrected chi connectivity index (χ1v) is 9.82. The van der Waals surface area contributed by atoms with Gasteiger partial charge < -0.3 is 9.47 Å². The molecule has 0 aliphatic carbocycles. The molecular formula is C25H21NO5. The van der Waals surface area contributed by atoms with Gasteiger partial charge in [0.2, 0.25) is 0 Å². The summed E-state index contributed by atoms with van der Waals surface area (Å²) < 4.78 is 10.8. The summed E-state index contributed by atoms with van der Waals surface area (Å²) in [6, 6.07) is 19.4. The summed E-state index contributed by atoms with van der Waals surface area (Å²) in [4.78, 5) is 39.2. The molecule has 1 aliphatic rings. The summed E-state index contributed by atoms with van der Waals surface area (Å²) in [5.74, 6) is -0.872. The van der Waals surface area contributed by atoms with Crippen molar-refractivity contribution in [3.8, 4) is 5.75 Å². The second-order valence-corrected chi connectivity index (χ2v) is 7.34. The van der Waals surface area contributed by atoms with Gasteiger partial charge in [0.05, 0.1) is 24.8 Å². The molecule has 0 saturated heterocycles. The molecule has 0 unspecified atom stereocenters. The van der Waals surface area contributed by atoms with E-state index in [2.05, 4.69) is 0 Å². The number of aryl methyl sites for hydroxylation is 1. The lowest BCUT2D eigenvalue weighted by atomic mass is 10.1. The summed E-state index contributed by atoms with van der Waals surface area (Å²) >= 11 is 0. The molecule has 0 saturated carbocycles. The Bertz CT molecular complexity index is 1150. The van der Waals surface area contributed by atoms with Gasteiger partial charge in [-0.1, -0.05) is 48.0 Å². The summed E-state index contributed by atoms with van der Waals surface area (Å²) in [5, 5.41) is 0. The van der Waals surface area contributed by atoms with E-state index in [0.29, 0.717) is 22.4 Å². The lowest BCUT2D eigenvalue weighted by molar-refractivity contribution is 0.0468. The van der Waals surface area contributed by atoms with Gasteiger partial charge in [0.15, 0.2) is 0 Å². The molecule has 2 amide bonds. The monoisotopic (exact) mass is 415 g/mol. The largest absolute Gasteiger partial charge is 0.496 e. The minimum absolute atomic E-state index is 0.0501. The van der Waals surface area contributed by atoms with Crippen molar-refractivity contribution in [2.75, 3.05) is 7.11 Å². The Balaban J connectivity index is 1.53. The SMILES string of the molecule is COc1ccc(CN2C(=O)c3ccccc3C2=O)cc1C(=O)OCc1cccc(C)c1. The average molecular weight is 415 g/mol. The molecule has 6 nitrogen and oxygen atoms in total. The maximum atomic E-state index is 12.7. The van der Waals surface area contributed by atoms with Crippen LogP contribution in [0.4, 0.5) is 0 Å². The van der Waals surface area contributed by atoms with Gasteiger partial charge in [-0.05, 0) is 42.3 Å². The van der Waals surface area contributed by atoms with Gasteiger partial charge >= 0.3 is 5.97 Å².